The molecule has 150 valence electrons. The highest BCUT2D eigenvalue weighted by molar-refractivity contribution is 7.89. The Labute approximate surface area is 165 Å². The second-order valence-electron chi connectivity index (χ2n) is 6.89. The van der Waals surface area contributed by atoms with Gasteiger partial charge < -0.3 is 10.1 Å². The first-order valence-corrected chi connectivity index (χ1v) is 10.7. The lowest BCUT2D eigenvalue weighted by Gasteiger charge is -2.19. The molecule has 1 amide bonds. The standard InChI is InChI=1S/C20H25N3O4S/c1-4-19(24)22-16-8-9-18(14(2)12-16)28(25,26)23-11-10-17(13-23)27-20-7-5-6-15(3)21-20/h5-9,12,17H,4,10-11,13H2,1-3H3,(H,22,24). The highest BCUT2D eigenvalue weighted by Crippen LogP contribution is 2.27. The van der Waals surface area contributed by atoms with Crippen LogP contribution < -0.4 is 10.1 Å². The van der Waals surface area contributed by atoms with Crippen LogP contribution in [0.1, 0.15) is 31.0 Å². The molecule has 1 N–H and O–H groups in total. The summed E-state index contributed by atoms with van der Waals surface area (Å²) >= 11 is 0. The van der Waals surface area contributed by atoms with Gasteiger partial charge in [0, 0.05) is 30.4 Å². The second kappa shape index (κ2) is 8.28. The molecule has 1 saturated heterocycles. The number of hydrogen-bond donors (Lipinski definition) is 1. The molecule has 1 aliphatic rings. The van der Waals surface area contributed by atoms with E-state index >= 15 is 0 Å². The van der Waals surface area contributed by atoms with Gasteiger partial charge in [0.15, 0.2) is 0 Å². The molecule has 0 aliphatic carbocycles. The van der Waals surface area contributed by atoms with Crippen molar-refractivity contribution in [3.8, 4) is 5.88 Å². The molecular formula is C20H25N3O4S. The number of aromatic nitrogens is 1. The van der Waals surface area contributed by atoms with Gasteiger partial charge in [0.1, 0.15) is 6.10 Å². The summed E-state index contributed by atoms with van der Waals surface area (Å²) in [5.41, 5.74) is 2.04. The zero-order valence-corrected chi connectivity index (χ0v) is 17.1. The van der Waals surface area contributed by atoms with Gasteiger partial charge in [0.2, 0.25) is 21.8 Å². The average molecular weight is 404 g/mol. The van der Waals surface area contributed by atoms with Crippen LogP contribution in [0.25, 0.3) is 0 Å². The van der Waals surface area contributed by atoms with E-state index in [1.54, 1.807) is 38.1 Å². The molecule has 2 heterocycles. The van der Waals surface area contributed by atoms with Crippen molar-refractivity contribution in [2.45, 2.75) is 44.6 Å². The molecule has 7 nitrogen and oxygen atoms in total. The van der Waals surface area contributed by atoms with Crippen molar-refractivity contribution < 1.29 is 17.9 Å². The molecule has 0 spiro atoms. The fraction of sp³-hybridized carbons (Fsp3) is 0.400. The van der Waals surface area contributed by atoms with Crippen LogP contribution in [-0.4, -0.2) is 42.8 Å². The minimum absolute atomic E-state index is 0.112. The van der Waals surface area contributed by atoms with Crippen LogP contribution in [-0.2, 0) is 14.8 Å². The molecule has 8 heteroatoms. The van der Waals surface area contributed by atoms with Crippen molar-refractivity contribution >= 4 is 21.6 Å². The number of carbonyl (C=O) groups excluding carboxylic acids is 1. The molecule has 28 heavy (non-hydrogen) atoms. The summed E-state index contributed by atoms with van der Waals surface area (Å²) in [5, 5.41) is 2.75. The number of aryl methyl sites for hydroxylation is 2. The first-order valence-electron chi connectivity index (χ1n) is 9.30. The van der Waals surface area contributed by atoms with E-state index in [0.29, 0.717) is 36.5 Å². The Balaban J connectivity index is 1.72. The summed E-state index contributed by atoms with van der Waals surface area (Å²) in [7, 11) is -3.63. The van der Waals surface area contributed by atoms with Crippen molar-refractivity contribution in [2.24, 2.45) is 0 Å². The predicted molar refractivity (Wildman–Crippen MR) is 107 cm³/mol. The number of carbonyl (C=O) groups is 1. The molecule has 1 aliphatic heterocycles. The van der Waals surface area contributed by atoms with Crippen LogP contribution in [0.15, 0.2) is 41.3 Å². The Morgan fingerprint density at radius 2 is 2.07 bits per heavy atom. The van der Waals surface area contributed by atoms with Gasteiger partial charge in [0.25, 0.3) is 0 Å². The van der Waals surface area contributed by atoms with Gasteiger partial charge in [-0.15, -0.1) is 0 Å². The van der Waals surface area contributed by atoms with Crippen LogP contribution in [0.3, 0.4) is 0 Å². The Kier molecular flexibility index (Phi) is 6.00. The zero-order chi connectivity index (χ0) is 20.3. The molecule has 1 unspecified atom stereocenters. The van der Waals surface area contributed by atoms with Gasteiger partial charge in [-0.05, 0) is 50.1 Å². The van der Waals surface area contributed by atoms with Crippen molar-refractivity contribution in [3.63, 3.8) is 0 Å². The highest BCUT2D eigenvalue weighted by atomic mass is 32.2. The maximum atomic E-state index is 13.1. The number of nitrogens with zero attached hydrogens (tertiary/aromatic N) is 2. The molecule has 1 aromatic carbocycles. The molecule has 2 aromatic rings. The van der Waals surface area contributed by atoms with Crippen molar-refractivity contribution in [2.75, 3.05) is 18.4 Å². The summed E-state index contributed by atoms with van der Waals surface area (Å²) < 4.78 is 33.4. The normalized spacial score (nSPS) is 17.5. The Morgan fingerprint density at radius 1 is 1.29 bits per heavy atom. The minimum atomic E-state index is -3.63. The van der Waals surface area contributed by atoms with Gasteiger partial charge in [-0.2, -0.15) is 4.31 Å². The summed E-state index contributed by atoms with van der Waals surface area (Å²) in [6.07, 6.45) is 0.746. The van der Waals surface area contributed by atoms with E-state index in [0.717, 1.165) is 5.69 Å². The van der Waals surface area contributed by atoms with Crippen molar-refractivity contribution in [3.05, 3.63) is 47.7 Å². The average Bonchev–Trinajstić information content (AvgIpc) is 3.11. The highest BCUT2D eigenvalue weighted by Gasteiger charge is 2.34. The predicted octanol–water partition coefficient (Wildman–Crippen LogP) is 2.89. The SMILES string of the molecule is CCC(=O)Nc1ccc(S(=O)(=O)N2CCC(Oc3cccc(C)n3)C2)c(C)c1. The van der Waals surface area contributed by atoms with E-state index < -0.39 is 10.0 Å². The Morgan fingerprint density at radius 3 is 2.75 bits per heavy atom. The van der Waals surface area contributed by atoms with Crippen molar-refractivity contribution in [1.82, 2.24) is 9.29 Å². The number of benzene rings is 1. The van der Waals surface area contributed by atoms with Gasteiger partial charge >= 0.3 is 0 Å². The smallest absolute Gasteiger partial charge is 0.243 e. The Hall–Kier alpha value is -2.45. The molecular weight excluding hydrogens is 378 g/mol. The van der Waals surface area contributed by atoms with Crippen LogP contribution in [0.2, 0.25) is 0 Å². The lowest BCUT2D eigenvalue weighted by Crippen LogP contribution is -2.31. The number of anilines is 1. The molecule has 0 radical (unpaired) electrons. The molecule has 0 saturated carbocycles. The fourth-order valence-corrected chi connectivity index (χ4v) is 4.86. The van der Waals surface area contributed by atoms with Gasteiger partial charge in [-0.1, -0.05) is 13.0 Å². The first-order chi connectivity index (χ1) is 13.3. The van der Waals surface area contributed by atoms with Crippen molar-refractivity contribution in [1.29, 1.82) is 0 Å². The molecule has 1 atom stereocenters. The lowest BCUT2D eigenvalue weighted by atomic mass is 10.2. The molecule has 1 fully saturated rings. The van der Waals surface area contributed by atoms with Crippen LogP contribution >= 0.6 is 0 Å². The van der Waals surface area contributed by atoms with Gasteiger partial charge in [0.05, 0.1) is 11.4 Å². The third-order valence-corrected chi connectivity index (χ3v) is 6.68. The molecule has 3 rings (SSSR count). The van der Waals surface area contributed by atoms with E-state index in [2.05, 4.69) is 10.3 Å². The monoisotopic (exact) mass is 403 g/mol. The third-order valence-electron chi connectivity index (χ3n) is 4.66. The minimum Gasteiger partial charge on any atom is -0.473 e. The maximum Gasteiger partial charge on any atom is 0.243 e. The first kappa shape index (κ1) is 20.3. The van der Waals surface area contributed by atoms with Crippen LogP contribution in [0.4, 0.5) is 5.69 Å². The van der Waals surface area contributed by atoms with Gasteiger partial charge in [-0.25, -0.2) is 13.4 Å². The summed E-state index contributed by atoms with van der Waals surface area (Å²) in [4.78, 5) is 16.1. The summed E-state index contributed by atoms with van der Waals surface area (Å²) in [6.45, 7) is 6.06. The van der Waals surface area contributed by atoms with Crippen LogP contribution in [0, 0.1) is 13.8 Å². The summed E-state index contributed by atoms with van der Waals surface area (Å²) in [5.74, 6) is 0.399. The second-order valence-corrected chi connectivity index (χ2v) is 8.80. The fourth-order valence-electron chi connectivity index (χ4n) is 3.17. The van der Waals surface area contributed by atoms with E-state index in [4.69, 9.17) is 4.74 Å². The largest absolute Gasteiger partial charge is 0.473 e. The molecule has 0 bridgehead atoms. The quantitative estimate of drug-likeness (QED) is 0.801. The zero-order valence-electron chi connectivity index (χ0n) is 16.3. The van der Waals surface area contributed by atoms with Gasteiger partial charge in [-0.3, -0.25) is 4.79 Å². The number of hydrogen-bond acceptors (Lipinski definition) is 5. The number of nitrogens with one attached hydrogen (secondary N) is 1. The third kappa shape index (κ3) is 4.51. The van der Waals surface area contributed by atoms with E-state index in [9.17, 15) is 13.2 Å². The topological polar surface area (TPSA) is 88.6 Å². The number of amides is 1. The number of pyridine rings is 1. The maximum absolute atomic E-state index is 13.1. The molecule has 1 aromatic heterocycles. The van der Waals surface area contributed by atoms with E-state index in [-0.39, 0.29) is 23.5 Å². The number of rotatable bonds is 6. The van der Waals surface area contributed by atoms with Crippen LogP contribution in [0.5, 0.6) is 5.88 Å². The number of ether oxygens (including phenoxy) is 1. The summed E-state index contributed by atoms with van der Waals surface area (Å²) in [6, 6.07) is 10.4. The van der Waals surface area contributed by atoms with E-state index in [1.807, 2.05) is 19.1 Å². The van der Waals surface area contributed by atoms with E-state index in [1.165, 1.54) is 4.31 Å². The lowest BCUT2D eigenvalue weighted by molar-refractivity contribution is -0.115. The number of sulfonamides is 1. The Bertz CT molecular complexity index is 975.